The Labute approximate surface area is 175 Å². The fourth-order valence-corrected chi connectivity index (χ4v) is 4.81. The first-order valence-corrected chi connectivity index (χ1v) is 10.5. The Morgan fingerprint density at radius 2 is 2.00 bits per heavy atom. The molecule has 1 aliphatic carbocycles. The van der Waals surface area contributed by atoms with Crippen LogP contribution >= 0.6 is 0 Å². The standard InChI is InChI=1S/C24H27F3N2O/c1-4-16-11-20(25)21(23(26)28-16)22-19-10-15-7-5-6-8-17(15)18(19)9-14(2)29(22)12-24(3,27)13-30/h5-8,11,14,22,30H,4,9-10,12-13H2,1-3H3. The molecule has 0 fully saturated rings. The summed E-state index contributed by atoms with van der Waals surface area (Å²) in [6, 6.07) is 8.33. The number of pyridine rings is 1. The first kappa shape index (κ1) is 21.1. The van der Waals surface area contributed by atoms with Crippen molar-refractivity contribution in [3.8, 4) is 0 Å². The van der Waals surface area contributed by atoms with Gasteiger partial charge < -0.3 is 5.11 Å². The summed E-state index contributed by atoms with van der Waals surface area (Å²) in [6.45, 7) is 4.26. The maximum atomic E-state index is 15.2. The molecule has 2 aromatic rings. The molecule has 4 rings (SSSR count). The van der Waals surface area contributed by atoms with E-state index in [4.69, 9.17) is 0 Å². The molecule has 1 aliphatic heterocycles. The highest BCUT2D eigenvalue weighted by Gasteiger charge is 2.43. The zero-order valence-corrected chi connectivity index (χ0v) is 17.6. The minimum Gasteiger partial charge on any atom is -0.393 e. The molecule has 3 nitrogen and oxygen atoms in total. The summed E-state index contributed by atoms with van der Waals surface area (Å²) in [7, 11) is 0. The molecule has 0 saturated carbocycles. The van der Waals surface area contributed by atoms with Crippen molar-refractivity contribution in [3.63, 3.8) is 0 Å². The first-order valence-electron chi connectivity index (χ1n) is 10.5. The zero-order valence-electron chi connectivity index (χ0n) is 17.6. The van der Waals surface area contributed by atoms with Crippen LogP contribution in [0.25, 0.3) is 5.57 Å². The van der Waals surface area contributed by atoms with Gasteiger partial charge in [0.25, 0.3) is 0 Å². The normalized spacial score (nSPS) is 23.3. The van der Waals surface area contributed by atoms with E-state index in [1.165, 1.54) is 13.0 Å². The fraction of sp³-hybridized carbons (Fsp3) is 0.458. The molecule has 0 bridgehead atoms. The highest BCUT2D eigenvalue weighted by molar-refractivity contribution is 5.79. The largest absolute Gasteiger partial charge is 0.393 e. The van der Waals surface area contributed by atoms with Crippen LogP contribution in [0, 0.1) is 11.8 Å². The number of aliphatic hydroxyl groups is 1. The smallest absolute Gasteiger partial charge is 0.221 e. The van der Waals surface area contributed by atoms with Crippen LogP contribution in [-0.4, -0.2) is 39.9 Å². The van der Waals surface area contributed by atoms with Gasteiger partial charge in [-0.2, -0.15) is 4.39 Å². The van der Waals surface area contributed by atoms with Crippen molar-refractivity contribution in [1.29, 1.82) is 0 Å². The van der Waals surface area contributed by atoms with Gasteiger partial charge in [0.05, 0.1) is 18.2 Å². The van der Waals surface area contributed by atoms with Crippen molar-refractivity contribution < 1.29 is 18.3 Å². The molecule has 3 unspecified atom stereocenters. The van der Waals surface area contributed by atoms with Crippen molar-refractivity contribution in [2.24, 2.45) is 0 Å². The van der Waals surface area contributed by atoms with Crippen molar-refractivity contribution >= 4 is 5.57 Å². The third-order valence-corrected chi connectivity index (χ3v) is 6.33. The number of aliphatic hydroxyl groups excluding tert-OH is 1. The molecule has 0 spiro atoms. The maximum Gasteiger partial charge on any atom is 0.221 e. The third-order valence-electron chi connectivity index (χ3n) is 6.33. The van der Waals surface area contributed by atoms with Crippen molar-refractivity contribution in [1.82, 2.24) is 9.88 Å². The fourth-order valence-electron chi connectivity index (χ4n) is 4.81. The van der Waals surface area contributed by atoms with Gasteiger partial charge in [0.1, 0.15) is 11.5 Å². The van der Waals surface area contributed by atoms with E-state index in [-0.39, 0.29) is 18.2 Å². The van der Waals surface area contributed by atoms with E-state index in [0.717, 1.165) is 22.3 Å². The molecule has 0 saturated heterocycles. The van der Waals surface area contributed by atoms with Crippen LogP contribution in [0.5, 0.6) is 0 Å². The van der Waals surface area contributed by atoms with Gasteiger partial charge in [-0.3, -0.25) is 4.90 Å². The van der Waals surface area contributed by atoms with Crippen LogP contribution in [0.15, 0.2) is 35.9 Å². The Morgan fingerprint density at radius 1 is 1.27 bits per heavy atom. The van der Waals surface area contributed by atoms with Crippen molar-refractivity contribution in [2.75, 3.05) is 13.2 Å². The summed E-state index contributed by atoms with van der Waals surface area (Å²) in [5, 5.41) is 9.50. The predicted molar refractivity (Wildman–Crippen MR) is 111 cm³/mol. The van der Waals surface area contributed by atoms with Gasteiger partial charge in [0, 0.05) is 18.3 Å². The Kier molecular flexibility index (Phi) is 5.49. The number of halogens is 3. The van der Waals surface area contributed by atoms with Crippen LogP contribution in [-0.2, 0) is 12.8 Å². The summed E-state index contributed by atoms with van der Waals surface area (Å²) in [4.78, 5) is 5.76. The van der Waals surface area contributed by atoms with Crippen molar-refractivity contribution in [3.05, 3.63) is 70.1 Å². The number of hydrogen-bond acceptors (Lipinski definition) is 3. The Balaban J connectivity index is 1.89. The highest BCUT2D eigenvalue weighted by Crippen LogP contribution is 2.49. The molecule has 30 heavy (non-hydrogen) atoms. The molecule has 6 heteroatoms. The number of aromatic nitrogens is 1. The molecule has 2 aliphatic rings. The highest BCUT2D eigenvalue weighted by atomic mass is 19.1. The minimum absolute atomic E-state index is 0.128. The average Bonchev–Trinajstić information content (AvgIpc) is 3.07. The predicted octanol–water partition coefficient (Wildman–Crippen LogP) is 4.79. The molecule has 0 radical (unpaired) electrons. The van der Waals surface area contributed by atoms with E-state index in [1.54, 1.807) is 11.8 Å². The van der Waals surface area contributed by atoms with E-state index in [2.05, 4.69) is 4.98 Å². The average molecular weight is 416 g/mol. The van der Waals surface area contributed by atoms with Crippen LogP contribution in [0.4, 0.5) is 13.2 Å². The second-order valence-electron chi connectivity index (χ2n) is 8.69. The SMILES string of the molecule is CCc1cc(F)c(C2C3=C(CC(C)N2CC(C)(F)CO)c2ccccc2C3)c(F)n1. The lowest BCUT2D eigenvalue weighted by atomic mass is 9.84. The lowest BCUT2D eigenvalue weighted by Gasteiger charge is -2.44. The second kappa shape index (κ2) is 7.82. The monoisotopic (exact) mass is 416 g/mol. The van der Waals surface area contributed by atoms with Gasteiger partial charge in [0.15, 0.2) is 0 Å². The van der Waals surface area contributed by atoms with Gasteiger partial charge in [0.2, 0.25) is 5.95 Å². The van der Waals surface area contributed by atoms with E-state index in [0.29, 0.717) is 25.0 Å². The lowest BCUT2D eigenvalue weighted by Crippen LogP contribution is -2.49. The Morgan fingerprint density at radius 3 is 2.67 bits per heavy atom. The Hall–Kier alpha value is -2.18. The molecule has 0 amide bonds. The van der Waals surface area contributed by atoms with E-state index < -0.39 is 30.1 Å². The van der Waals surface area contributed by atoms with Crippen molar-refractivity contribution in [2.45, 2.75) is 57.8 Å². The van der Waals surface area contributed by atoms with Crippen LogP contribution in [0.2, 0.25) is 0 Å². The molecular formula is C24H27F3N2O. The number of nitrogens with zero attached hydrogens (tertiary/aromatic N) is 2. The third kappa shape index (κ3) is 3.56. The quantitative estimate of drug-likeness (QED) is 0.712. The summed E-state index contributed by atoms with van der Waals surface area (Å²) in [5.74, 6) is -1.50. The van der Waals surface area contributed by atoms with Gasteiger partial charge in [-0.15, -0.1) is 0 Å². The summed E-state index contributed by atoms with van der Waals surface area (Å²) in [6.07, 6.45) is 1.65. The van der Waals surface area contributed by atoms with Gasteiger partial charge in [-0.25, -0.2) is 13.8 Å². The van der Waals surface area contributed by atoms with E-state index in [1.807, 2.05) is 31.2 Å². The van der Waals surface area contributed by atoms with Crippen LogP contribution in [0.1, 0.15) is 55.6 Å². The Bertz CT molecular complexity index is 979. The second-order valence-corrected chi connectivity index (χ2v) is 8.69. The van der Waals surface area contributed by atoms with Gasteiger partial charge in [-0.05, 0) is 61.4 Å². The summed E-state index contributed by atoms with van der Waals surface area (Å²) in [5.41, 5.74) is 2.53. The minimum atomic E-state index is -1.89. The van der Waals surface area contributed by atoms with E-state index in [9.17, 15) is 9.50 Å². The number of rotatable bonds is 5. The lowest BCUT2D eigenvalue weighted by molar-refractivity contribution is 0.0179. The van der Waals surface area contributed by atoms with Gasteiger partial charge in [-0.1, -0.05) is 31.2 Å². The van der Waals surface area contributed by atoms with E-state index >= 15 is 8.78 Å². The maximum absolute atomic E-state index is 15.2. The molecule has 2 heterocycles. The number of benzene rings is 1. The van der Waals surface area contributed by atoms with Crippen LogP contribution in [0.3, 0.4) is 0 Å². The number of fused-ring (bicyclic) bond motifs is 2. The molecule has 1 N–H and O–H groups in total. The first-order chi connectivity index (χ1) is 14.3. The number of hydrogen-bond donors (Lipinski definition) is 1. The summed E-state index contributed by atoms with van der Waals surface area (Å²) >= 11 is 0. The topological polar surface area (TPSA) is 36.4 Å². The number of aryl methyl sites for hydroxylation is 1. The molecule has 160 valence electrons. The van der Waals surface area contributed by atoms with Gasteiger partial charge >= 0.3 is 0 Å². The molecular weight excluding hydrogens is 389 g/mol. The molecule has 3 atom stereocenters. The molecule has 1 aromatic carbocycles. The zero-order chi connectivity index (χ0) is 21.6. The summed E-state index contributed by atoms with van der Waals surface area (Å²) < 4.78 is 45.2. The number of alkyl halides is 1. The molecule has 1 aromatic heterocycles. The van der Waals surface area contributed by atoms with Crippen LogP contribution < -0.4 is 0 Å².